The smallest absolute Gasteiger partial charge is 0.251 e. The molecule has 0 spiro atoms. The molecule has 0 aliphatic carbocycles. The molecule has 1 aromatic carbocycles. The lowest BCUT2D eigenvalue weighted by atomic mass is 10.1. The summed E-state index contributed by atoms with van der Waals surface area (Å²) < 4.78 is 25.7. The number of rotatable bonds is 5. The van der Waals surface area contributed by atoms with Crippen molar-refractivity contribution in [3.63, 3.8) is 0 Å². The molecule has 2 N–H and O–H groups in total. The number of sulfonamides is 1. The number of carbonyl (C=O) groups excluding carboxylic acids is 1. The fourth-order valence-electron chi connectivity index (χ4n) is 1.97. The van der Waals surface area contributed by atoms with Gasteiger partial charge >= 0.3 is 0 Å². The van der Waals surface area contributed by atoms with Crippen molar-refractivity contribution in [1.82, 2.24) is 14.6 Å². The minimum atomic E-state index is -3.57. The monoisotopic (exact) mass is 321 g/mol. The van der Waals surface area contributed by atoms with E-state index in [-0.39, 0.29) is 10.8 Å². The van der Waals surface area contributed by atoms with E-state index in [9.17, 15) is 13.2 Å². The van der Waals surface area contributed by atoms with Crippen LogP contribution in [0.25, 0.3) is 0 Å². The van der Waals surface area contributed by atoms with Gasteiger partial charge < -0.3 is 10.3 Å². The van der Waals surface area contributed by atoms with Crippen LogP contribution in [0.15, 0.2) is 41.6 Å². The fraction of sp³-hybridized carbons (Fsp3) is 0.267. The number of carbonyl (C=O) groups is 1. The second kappa shape index (κ2) is 6.33. The molecule has 0 radical (unpaired) electrons. The van der Waals surface area contributed by atoms with E-state index < -0.39 is 10.0 Å². The number of aromatic nitrogens is 1. The normalized spacial score (nSPS) is 11.6. The molecule has 0 aliphatic rings. The van der Waals surface area contributed by atoms with Crippen molar-refractivity contribution in [2.75, 3.05) is 14.1 Å². The van der Waals surface area contributed by atoms with E-state index in [1.54, 1.807) is 31.5 Å². The van der Waals surface area contributed by atoms with Crippen LogP contribution in [0.3, 0.4) is 0 Å². The molecule has 0 unspecified atom stereocenters. The fourth-order valence-corrected chi connectivity index (χ4v) is 3.11. The maximum atomic E-state index is 12.3. The Morgan fingerprint density at radius 3 is 2.59 bits per heavy atom. The number of nitrogens with one attached hydrogen (secondary N) is 2. The molecule has 1 aromatic heterocycles. The average molecular weight is 321 g/mol. The molecule has 0 saturated heterocycles. The zero-order valence-corrected chi connectivity index (χ0v) is 13.6. The lowest BCUT2D eigenvalue weighted by molar-refractivity contribution is 0.0950. The van der Waals surface area contributed by atoms with Gasteiger partial charge in [-0.25, -0.2) is 12.7 Å². The predicted octanol–water partition coefficient (Wildman–Crippen LogP) is 1.50. The standard InChI is InChI=1S/C15H19N3O3S/c1-11-4-5-13(8-14(11)22(20,21)18(2)3)15(19)17-10-12-6-7-16-9-12/h4-9,16H,10H2,1-3H3,(H,17,19). The summed E-state index contributed by atoms with van der Waals surface area (Å²) in [6.45, 7) is 2.09. The summed E-state index contributed by atoms with van der Waals surface area (Å²) in [7, 11) is -0.642. The SMILES string of the molecule is Cc1ccc(C(=O)NCc2cc[nH]c2)cc1S(=O)(=O)N(C)C. The van der Waals surface area contributed by atoms with Crippen LogP contribution in [0, 0.1) is 6.92 Å². The van der Waals surface area contributed by atoms with Gasteiger partial charge in [-0.05, 0) is 36.2 Å². The molecule has 0 saturated carbocycles. The van der Waals surface area contributed by atoms with Gasteiger partial charge in [0.05, 0.1) is 4.90 Å². The first-order valence-electron chi connectivity index (χ1n) is 6.75. The Hall–Kier alpha value is -2.12. The highest BCUT2D eigenvalue weighted by Gasteiger charge is 2.21. The number of benzene rings is 1. The third-order valence-corrected chi connectivity index (χ3v) is 5.28. The number of aryl methyl sites for hydroxylation is 1. The average Bonchev–Trinajstić information content (AvgIpc) is 2.98. The van der Waals surface area contributed by atoms with E-state index in [1.165, 1.54) is 20.2 Å². The first kappa shape index (κ1) is 16.3. The van der Waals surface area contributed by atoms with Gasteiger partial charge in [0.15, 0.2) is 0 Å². The van der Waals surface area contributed by atoms with Crippen molar-refractivity contribution in [2.24, 2.45) is 0 Å². The summed E-state index contributed by atoms with van der Waals surface area (Å²) in [6, 6.07) is 6.53. The summed E-state index contributed by atoms with van der Waals surface area (Å²) in [5.74, 6) is -0.309. The lowest BCUT2D eigenvalue weighted by Gasteiger charge is -2.14. The third kappa shape index (κ3) is 3.37. The maximum Gasteiger partial charge on any atom is 0.251 e. The van der Waals surface area contributed by atoms with Crippen molar-refractivity contribution >= 4 is 15.9 Å². The summed E-state index contributed by atoms with van der Waals surface area (Å²) in [4.78, 5) is 15.2. The Morgan fingerprint density at radius 2 is 2.00 bits per heavy atom. The van der Waals surface area contributed by atoms with Crippen LogP contribution in [0.2, 0.25) is 0 Å². The number of hydrogen-bond acceptors (Lipinski definition) is 3. The minimum Gasteiger partial charge on any atom is -0.367 e. The van der Waals surface area contributed by atoms with Crippen LogP contribution >= 0.6 is 0 Å². The van der Waals surface area contributed by atoms with E-state index in [1.807, 2.05) is 6.07 Å². The molecule has 1 heterocycles. The largest absolute Gasteiger partial charge is 0.367 e. The molecule has 0 atom stereocenters. The van der Waals surface area contributed by atoms with Crippen molar-refractivity contribution < 1.29 is 13.2 Å². The highest BCUT2D eigenvalue weighted by Crippen LogP contribution is 2.19. The number of nitrogens with zero attached hydrogens (tertiary/aromatic N) is 1. The van der Waals surface area contributed by atoms with E-state index in [4.69, 9.17) is 0 Å². The number of H-pyrrole nitrogens is 1. The van der Waals surface area contributed by atoms with Crippen molar-refractivity contribution in [2.45, 2.75) is 18.4 Å². The Kier molecular flexibility index (Phi) is 4.68. The molecule has 2 aromatic rings. The summed E-state index contributed by atoms with van der Waals surface area (Å²) >= 11 is 0. The molecular formula is C15H19N3O3S. The topological polar surface area (TPSA) is 82.3 Å². The van der Waals surface area contributed by atoms with Crippen LogP contribution in [-0.4, -0.2) is 37.7 Å². The molecule has 0 bridgehead atoms. The molecule has 2 rings (SSSR count). The Labute approximate surface area is 130 Å². The quantitative estimate of drug-likeness (QED) is 0.875. The molecule has 7 heteroatoms. The van der Waals surface area contributed by atoms with Gasteiger partial charge in [0, 0.05) is 38.6 Å². The van der Waals surface area contributed by atoms with Gasteiger partial charge in [0.1, 0.15) is 0 Å². The van der Waals surface area contributed by atoms with Crippen LogP contribution in [-0.2, 0) is 16.6 Å². The third-order valence-electron chi connectivity index (χ3n) is 3.32. The summed E-state index contributed by atoms with van der Waals surface area (Å²) in [6.07, 6.45) is 3.56. The van der Waals surface area contributed by atoms with E-state index >= 15 is 0 Å². The van der Waals surface area contributed by atoms with Crippen LogP contribution in [0.4, 0.5) is 0 Å². The second-order valence-corrected chi connectivity index (χ2v) is 7.29. The number of aromatic amines is 1. The van der Waals surface area contributed by atoms with Gasteiger partial charge in [0.2, 0.25) is 10.0 Å². The Bertz CT molecular complexity index is 765. The first-order chi connectivity index (χ1) is 10.3. The Morgan fingerprint density at radius 1 is 1.27 bits per heavy atom. The van der Waals surface area contributed by atoms with Crippen molar-refractivity contribution in [1.29, 1.82) is 0 Å². The molecule has 1 amide bonds. The second-order valence-electron chi connectivity index (χ2n) is 5.17. The van der Waals surface area contributed by atoms with E-state index in [0.717, 1.165) is 9.87 Å². The number of amides is 1. The minimum absolute atomic E-state index is 0.145. The zero-order valence-electron chi connectivity index (χ0n) is 12.8. The van der Waals surface area contributed by atoms with E-state index in [2.05, 4.69) is 10.3 Å². The molecule has 6 nitrogen and oxygen atoms in total. The summed E-state index contributed by atoms with van der Waals surface area (Å²) in [5, 5.41) is 2.76. The van der Waals surface area contributed by atoms with Gasteiger partial charge in [-0.2, -0.15) is 0 Å². The van der Waals surface area contributed by atoms with Gasteiger partial charge in [-0.15, -0.1) is 0 Å². The van der Waals surface area contributed by atoms with Crippen LogP contribution < -0.4 is 5.32 Å². The van der Waals surface area contributed by atoms with Gasteiger partial charge in [-0.3, -0.25) is 4.79 Å². The summed E-state index contributed by atoms with van der Waals surface area (Å²) in [5.41, 5.74) is 1.87. The van der Waals surface area contributed by atoms with E-state index in [0.29, 0.717) is 17.7 Å². The zero-order chi connectivity index (χ0) is 16.3. The molecular weight excluding hydrogens is 302 g/mol. The van der Waals surface area contributed by atoms with Gasteiger partial charge in [-0.1, -0.05) is 6.07 Å². The molecule has 0 fully saturated rings. The van der Waals surface area contributed by atoms with Gasteiger partial charge in [0.25, 0.3) is 5.91 Å². The highest BCUT2D eigenvalue weighted by atomic mass is 32.2. The maximum absolute atomic E-state index is 12.3. The van der Waals surface area contributed by atoms with Crippen LogP contribution in [0.1, 0.15) is 21.5 Å². The van der Waals surface area contributed by atoms with Crippen molar-refractivity contribution in [3.8, 4) is 0 Å². The molecule has 0 aliphatic heterocycles. The Balaban J connectivity index is 2.24. The first-order valence-corrected chi connectivity index (χ1v) is 8.19. The predicted molar refractivity (Wildman–Crippen MR) is 84.0 cm³/mol. The molecule has 118 valence electrons. The van der Waals surface area contributed by atoms with Crippen LogP contribution in [0.5, 0.6) is 0 Å². The lowest BCUT2D eigenvalue weighted by Crippen LogP contribution is -2.25. The van der Waals surface area contributed by atoms with Crippen molar-refractivity contribution in [3.05, 3.63) is 53.3 Å². The highest BCUT2D eigenvalue weighted by molar-refractivity contribution is 7.89. The molecule has 22 heavy (non-hydrogen) atoms. The number of hydrogen-bond donors (Lipinski definition) is 2.